The number of rotatable bonds is 7. The van der Waals surface area contributed by atoms with Gasteiger partial charge in [0.05, 0.1) is 0 Å². The van der Waals surface area contributed by atoms with Gasteiger partial charge in [0, 0.05) is 12.1 Å². The predicted octanol–water partition coefficient (Wildman–Crippen LogP) is 3.28. The van der Waals surface area contributed by atoms with E-state index in [0.29, 0.717) is 0 Å². The van der Waals surface area contributed by atoms with Crippen molar-refractivity contribution in [3.05, 3.63) is 0 Å². The van der Waals surface area contributed by atoms with Crippen molar-refractivity contribution >= 4 is 0 Å². The summed E-state index contributed by atoms with van der Waals surface area (Å²) in [6.45, 7) is 13.0. The van der Waals surface area contributed by atoms with Crippen LogP contribution in [-0.4, -0.2) is 36.6 Å². The SMILES string of the molecule is CCNC(CC)CCCN1CCCC(C)C1C. The summed E-state index contributed by atoms with van der Waals surface area (Å²) in [6, 6.07) is 1.53. The van der Waals surface area contributed by atoms with Gasteiger partial charge in [-0.05, 0) is 64.6 Å². The van der Waals surface area contributed by atoms with E-state index < -0.39 is 0 Å². The highest BCUT2D eigenvalue weighted by atomic mass is 15.2. The Morgan fingerprint density at radius 2 is 2.06 bits per heavy atom. The summed E-state index contributed by atoms with van der Waals surface area (Å²) >= 11 is 0. The van der Waals surface area contributed by atoms with Crippen molar-refractivity contribution in [3.8, 4) is 0 Å². The summed E-state index contributed by atoms with van der Waals surface area (Å²) in [6.07, 6.45) is 6.77. The molecule has 3 unspecified atom stereocenters. The van der Waals surface area contributed by atoms with Crippen LogP contribution in [0.15, 0.2) is 0 Å². The van der Waals surface area contributed by atoms with Crippen molar-refractivity contribution in [3.63, 3.8) is 0 Å². The van der Waals surface area contributed by atoms with Crippen molar-refractivity contribution < 1.29 is 0 Å². The molecule has 0 aromatic rings. The molecule has 1 heterocycles. The van der Waals surface area contributed by atoms with Crippen LogP contribution in [-0.2, 0) is 0 Å². The van der Waals surface area contributed by atoms with Crippen LogP contribution >= 0.6 is 0 Å². The minimum Gasteiger partial charge on any atom is -0.314 e. The Morgan fingerprint density at radius 3 is 2.71 bits per heavy atom. The Kier molecular flexibility index (Phi) is 7.14. The Bertz CT molecular complexity index is 193. The Hall–Kier alpha value is -0.0800. The van der Waals surface area contributed by atoms with Crippen LogP contribution in [0.2, 0.25) is 0 Å². The summed E-state index contributed by atoms with van der Waals surface area (Å²) < 4.78 is 0. The van der Waals surface area contributed by atoms with Crippen LogP contribution < -0.4 is 5.32 Å². The fourth-order valence-corrected chi connectivity index (χ4v) is 3.02. The van der Waals surface area contributed by atoms with E-state index in [4.69, 9.17) is 0 Å². The molecular weight excluding hydrogens is 208 g/mol. The number of likely N-dealkylation sites (tertiary alicyclic amines) is 1. The maximum absolute atomic E-state index is 3.57. The van der Waals surface area contributed by atoms with E-state index in [1.165, 1.54) is 45.2 Å². The van der Waals surface area contributed by atoms with Crippen molar-refractivity contribution in [1.82, 2.24) is 10.2 Å². The molecule has 102 valence electrons. The van der Waals surface area contributed by atoms with Crippen LogP contribution in [0, 0.1) is 5.92 Å². The average molecular weight is 240 g/mol. The van der Waals surface area contributed by atoms with Gasteiger partial charge in [-0.25, -0.2) is 0 Å². The third-order valence-electron chi connectivity index (χ3n) is 4.49. The maximum Gasteiger partial charge on any atom is 0.00925 e. The molecule has 1 fully saturated rings. The lowest BCUT2D eigenvalue weighted by Gasteiger charge is -2.38. The third kappa shape index (κ3) is 4.97. The molecule has 17 heavy (non-hydrogen) atoms. The summed E-state index contributed by atoms with van der Waals surface area (Å²) in [7, 11) is 0. The van der Waals surface area contributed by atoms with Gasteiger partial charge in [0.15, 0.2) is 0 Å². The zero-order valence-electron chi connectivity index (χ0n) is 12.3. The highest BCUT2D eigenvalue weighted by Gasteiger charge is 2.23. The average Bonchev–Trinajstić information content (AvgIpc) is 2.33. The van der Waals surface area contributed by atoms with Crippen LogP contribution in [0.1, 0.15) is 59.8 Å². The normalized spacial score (nSPS) is 28.2. The predicted molar refractivity (Wildman–Crippen MR) is 76.4 cm³/mol. The number of nitrogens with one attached hydrogen (secondary N) is 1. The van der Waals surface area contributed by atoms with Crippen LogP contribution in [0.25, 0.3) is 0 Å². The van der Waals surface area contributed by atoms with E-state index >= 15 is 0 Å². The first-order valence-corrected chi connectivity index (χ1v) is 7.66. The quantitative estimate of drug-likeness (QED) is 0.735. The first-order chi connectivity index (χ1) is 8.19. The molecule has 1 N–H and O–H groups in total. The molecule has 0 aromatic carbocycles. The molecule has 0 radical (unpaired) electrons. The molecule has 1 aliphatic heterocycles. The van der Waals surface area contributed by atoms with Crippen LogP contribution in [0.3, 0.4) is 0 Å². The van der Waals surface area contributed by atoms with E-state index in [0.717, 1.165) is 24.5 Å². The van der Waals surface area contributed by atoms with Gasteiger partial charge >= 0.3 is 0 Å². The van der Waals surface area contributed by atoms with E-state index in [1.54, 1.807) is 0 Å². The molecule has 0 aromatic heterocycles. The van der Waals surface area contributed by atoms with Crippen molar-refractivity contribution in [2.24, 2.45) is 5.92 Å². The fraction of sp³-hybridized carbons (Fsp3) is 1.00. The Labute approximate surface area is 108 Å². The van der Waals surface area contributed by atoms with Crippen molar-refractivity contribution in [1.29, 1.82) is 0 Å². The smallest absolute Gasteiger partial charge is 0.00925 e. The van der Waals surface area contributed by atoms with E-state index in [1.807, 2.05) is 0 Å². The molecule has 2 heteroatoms. The van der Waals surface area contributed by atoms with Crippen molar-refractivity contribution in [2.75, 3.05) is 19.6 Å². The summed E-state index contributed by atoms with van der Waals surface area (Å²) in [5.41, 5.74) is 0. The zero-order valence-corrected chi connectivity index (χ0v) is 12.3. The molecule has 0 aliphatic carbocycles. The first-order valence-electron chi connectivity index (χ1n) is 7.66. The van der Waals surface area contributed by atoms with Crippen molar-refractivity contribution in [2.45, 2.75) is 71.9 Å². The highest BCUT2D eigenvalue weighted by molar-refractivity contribution is 4.78. The number of nitrogens with zero attached hydrogens (tertiary/aromatic N) is 1. The molecular formula is C15H32N2. The van der Waals surface area contributed by atoms with Gasteiger partial charge in [-0.3, -0.25) is 0 Å². The molecule has 3 atom stereocenters. The topological polar surface area (TPSA) is 15.3 Å². The molecule has 0 bridgehead atoms. The van der Waals surface area contributed by atoms with Gasteiger partial charge < -0.3 is 10.2 Å². The van der Waals surface area contributed by atoms with Gasteiger partial charge in [-0.2, -0.15) is 0 Å². The fourth-order valence-electron chi connectivity index (χ4n) is 3.02. The van der Waals surface area contributed by atoms with E-state index in [2.05, 4.69) is 37.9 Å². The molecule has 2 nitrogen and oxygen atoms in total. The standard InChI is InChI=1S/C15H32N2/c1-5-15(16-6-2)10-8-12-17-11-7-9-13(3)14(17)4/h13-16H,5-12H2,1-4H3. The minimum absolute atomic E-state index is 0.734. The highest BCUT2D eigenvalue weighted by Crippen LogP contribution is 2.23. The minimum atomic E-state index is 0.734. The van der Waals surface area contributed by atoms with Gasteiger partial charge in [0.25, 0.3) is 0 Å². The van der Waals surface area contributed by atoms with Gasteiger partial charge in [-0.1, -0.05) is 20.8 Å². The molecule has 0 spiro atoms. The van der Waals surface area contributed by atoms with Gasteiger partial charge in [0.2, 0.25) is 0 Å². The lowest BCUT2D eigenvalue weighted by Crippen LogP contribution is -2.43. The Balaban J connectivity index is 2.20. The second-order valence-electron chi connectivity index (χ2n) is 5.70. The molecule has 0 saturated carbocycles. The second-order valence-corrected chi connectivity index (χ2v) is 5.70. The van der Waals surface area contributed by atoms with E-state index in [9.17, 15) is 0 Å². The van der Waals surface area contributed by atoms with Gasteiger partial charge in [0.1, 0.15) is 0 Å². The van der Waals surface area contributed by atoms with Crippen LogP contribution in [0.5, 0.6) is 0 Å². The second kappa shape index (κ2) is 8.10. The van der Waals surface area contributed by atoms with Gasteiger partial charge in [-0.15, -0.1) is 0 Å². The number of hydrogen-bond donors (Lipinski definition) is 1. The molecule has 1 rings (SSSR count). The lowest BCUT2D eigenvalue weighted by atomic mass is 9.92. The third-order valence-corrected chi connectivity index (χ3v) is 4.49. The maximum atomic E-state index is 3.57. The lowest BCUT2D eigenvalue weighted by molar-refractivity contribution is 0.111. The molecule has 0 amide bonds. The number of hydrogen-bond acceptors (Lipinski definition) is 2. The summed E-state index contributed by atoms with van der Waals surface area (Å²) in [4.78, 5) is 2.70. The summed E-state index contributed by atoms with van der Waals surface area (Å²) in [5, 5.41) is 3.57. The first kappa shape index (κ1) is 15.0. The monoisotopic (exact) mass is 240 g/mol. The molecule has 1 aliphatic rings. The Morgan fingerprint density at radius 1 is 1.29 bits per heavy atom. The van der Waals surface area contributed by atoms with Crippen LogP contribution in [0.4, 0.5) is 0 Å². The molecule has 1 saturated heterocycles. The number of piperidine rings is 1. The van der Waals surface area contributed by atoms with E-state index in [-0.39, 0.29) is 0 Å². The zero-order chi connectivity index (χ0) is 12.7. The summed E-state index contributed by atoms with van der Waals surface area (Å²) in [5.74, 6) is 0.888. The largest absolute Gasteiger partial charge is 0.314 e.